The molecule has 1 saturated carbocycles. The number of hydrogen-bond donors (Lipinski definition) is 0. The Morgan fingerprint density at radius 3 is 2.74 bits per heavy atom. The van der Waals surface area contributed by atoms with Gasteiger partial charge in [0.1, 0.15) is 11.4 Å². The second-order valence-electron chi connectivity index (χ2n) is 5.91. The summed E-state index contributed by atoms with van der Waals surface area (Å²) in [4.78, 5) is 14.3. The minimum atomic E-state index is -0.345. The molecule has 0 aromatic heterocycles. The molecule has 1 aromatic rings. The maximum atomic E-state index is 12.4. The SMILES string of the molecule is CC1(C)CN(C(=O)C=C2CCC2)c2ccccc2O1. The highest BCUT2D eigenvalue weighted by molar-refractivity contribution is 6.03. The summed E-state index contributed by atoms with van der Waals surface area (Å²) < 4.78 is 5.93. The molecule has 1 aliphatic carbocycles. The molecular formula is C16H19NO2. The molecule has 0 unspecified atom stereocenters. The number of rotatable bonds is 1. The first-order chi connectivity index (χ1) is 9.05. The Kier molecular flexibility index (Phi) is 2.85. The van der Waals surface area contributed by atoms with E-state index >= 15 is 0 Å². The molecule has 1 aromatic carbocycles. The van der Waals surface area contributed by atoms with Gasteiger partial charge in [-0.05, 0) is 45.2 Å². The van der Waals surface area contributed by atoms with E-state index in [2.05, 4.69) is 0 Å². The molecule has 0 N–H and O–H groups in total. The molecule has 2 aliphatic rings. The van der Waals surface area contributed by atoms with E-state index < -0.39 is 0 Å². The number of ether oxygens (including phenoxy) is 1. The van der Waals surface area contributed by atoms with Gasteiger partial charge in [-0.3, -0.25) is 4.79 Å². The number of benzene rings is 1. The number of para-hydroxylation sites is 2. The molecule has 100 valence electrons. The van der Waals surface area contributed by atoms with Crippen LogP contribution in [0.5, 0.6) is 5.75 Å². The van der Waals surface area contributed by atoms with Crippen LogP contribution in [0.2, 0.25) is 0 Å². The van der Waals surface area contributed by atoms with Crippen molar-refractivity contribution in [3.8, 4) is 5.75 Å². The zero-order valence-corrected chi connectivity index (χ0v) is 11.5. The van der Waals surface area contributed by atoms with Gasteiger partial charge in [0, 0.05) is 6.08 Å². The molecule has 0 radical (unpaired) electrons. The predicted molar refractivity (Wildman–Crippen MR) is 75.4 cm³/mol. The van der Waals surface area contributed by atoms with E-state index in [0.29, 0.717) is 6.54 Å². The van der Waals surface area contributed by atoms with Crippen molar-refractivity contribution >= 4 is 11.6 Å². The summed E-state index contributed by atoms with van der Waals surface area (Å²) in [5.74, 6) is 0.873. The van der Waals surface area contributed by atoms with E-state index in [4.69, 9.17) is 4.74 Å². The lowest BCUT2D eigenvalue weighted by molar-refractivity contribution is -0.115. The lowest BCUT2D eigenvalue weighted by Gasteiger charge is -2.39. The van der Waals surface area contributed by atoms with Gasteiger partial charge in [-0.2, -0.15) is 0 Å². The van der Waals surface area contributed by atoms with E-state index in [9.17, 15) is 4.79 Å². The number of allylic oxidation sites excluding steroid dienone is 1. The van der Waals surface area contributed by atoms with E-state index in [1.54, 1.807) is 0 Å². The van der Waals surface area contributed by atoms with Crippen LogP contribution in [0.4, 0.5) is 5.69 Å². The Morgan fingerprint density at radius 1 is 1.32 bits per heavy atom. The van der Waals surface area contributed by atoms with Crippen molar-refractivity contribution in [3.63, 3.8) is 0 Å². The predicted octanol–water partition coefficient (Wildman–Crippen LogP) is 3.30. The summed E-state index contributed by atoms with van der Waals surface area (Å²) in [6.45, 7) is 4.62. The molecule has 0 saturated heterocycles. The lowest BCUT2D eigenvalue weighted by Crippen LogP contribution is -2.49. The first-order valence-corrected chi connectivity index (χ1v) is 6.84. The van der Waals surface area contributed by atoms with Crippen LogP contribution in [0.1, 0.15) is 33.1 Å². The van der Waals surface area contributed by atoms with Crippen LogP contribution in [-0.4, -0.2) is 18.1 Å². The zero-order valence-electron chi connectivity index (χ0n) is 11.5. The van der Waals surface area contributed by atoms with E-state index in [1.165, 1.54) is 12.0 Å². The summed E-state index contributed by atoms with van der Waals surface area (Å²) in [5, 5.41) is 0. The van der Waals surface area contributed by atoms with Crippen molar-refractivity contribution in [2.45, 2.75) is 38.7 Å². The average Bonchev–Trinajstić information content (AvgIpc) is 2.31. The molecule has 3 rings (SSSR count). The molecule has 3 heteroatoms. The highest BCUT2D eigenvalue weighted by Gasteiger charge is 2.34. The number of nitrogens with zero attached hydrogens (tertiary/aromatic N) is 1. The van der Waals surface area contributed by atoms with Crippen LogP contribution in [-0.2, 0) is 4.79 Å². The number of carbonyl (C=O) groups is 1. The van der Waals surface area contributed by atoms with E-state index in [1.807, 2.05) is 49.1 Å². The van der Waals surface area contributed by atoms with Crippen molar-refractivity contribution in [2.24, 2.45) is 0 Å². The van der Waals surface area contributed by atoms with Crippen molar-refractivity contribution in [2.75, 3.05) is 11.4 Å². The van der Waals surface area contributed by atoms with Crippen molar-refractivity contribution in [3.05, 3.63) is 35.9 Å². The largest absolute Gasteiger partial charge is 0.484 e. The standard InChI is InChI=1S/C16H19NO2/c1-16(2)11-17(15(18)10-12-6-5-7-12)13-8-3-4-9-14(13)19-16/h3-4,8-10H,5-7,11H2,1-2H3. The van der Waals surface area contributed by atoms with Crippen molar-refractivity contribution in [1.82, 2.24) is 0 Å². The quantitative estimate of drug-likeness (QED) is 0.722. The number of amides is 1. The van der Waals surface area contributed by atoms with Crippen molar-refractivity contribution < 1.29 is 9.53 Å². The molecule has 1 fully saturated rings. The Morgan fingerprint density at radius 2 is 2.05 bits per heavy atom. The van der Waals surface area contributed by atoms with Crippen LogP contribution >= 0.6 is 0 Å². The van der Waals surface area contributed by atoms with Crippen LogP contribution in [0, 0.1) is 0 Å². The Balaban J connectivity index is 1.94. The van der Waals surface area contributed by atoms with Gasteiger partial charge in [-0.25, -0.2) is 0 Å². The fraction of sp³-hybridized carbons (Fsp3) is 0.438. The summed E-state index contributed by atoms with van der Waals surface area (Å²) in [5.41, 5.74) is 1.80. The number of anilines is 1. The molecule has 0 spiro atoms. The highest BCUT2D eigenvalue weighted by Crippen LogP contribution is 2.37. The van der Waals surface area contributed by atoms with Gasteiger partial charge in [0.15, 0.2) is 0 Å². The third kappa shape index (κ3) is 2.37. The minimum Gasteiger partial charge on any atom is -0.484 e. The van der Waals surface area contributed by atoms with Gasteiger partial charge < -0.3 is 9.64 Å². The highest BCUT2D eigenvalue weighted by atomic mass is 16.5. The summed E-state index contributed by atoms with van der Waals surface area (Å²) >= 11 is 0. The monoisotopic (exact) mass is 257 g/mol. The van der Waals surface area contributed by atoms with Gasteiger partial charge in [-0.1, -0.05) is 17.7 Å². The topological polar surface area (TPSA) is 29.5 Å². The third-order valence-electron chi connectivity index (χ3n) is 3.67. The van der Waals surface area contributed by atoms with Gasteiger partial charge in [0.25, 0.3) is 5.91 Å². The van der Waals surface area contributed by atoms with Gasteiger partial charge >= 0.3 is 0 Å². The third-order valence-corrected chi connectivity index (χ3v) is 3.67. The molecule has 1 heterocycles. The Labute approximate surface area is 113 Å². The van der Waals surface area contributed by atoms with Crippen molar-refractivity contribution in [1.29, 1.82) is 0 Å². The minimum absolute atomic E-state index is 0.0820. The molecule has 0 atom stereocenters. The van der Waals surface area contributed by atoms with Gasteiger partial charge in [0.2, 0.25) is 0 Å². The summed E-state index contributed by atoms with van der Waals surface area (Å²) in [6.07, 6.45) is 5.16. The van der Waals surface area contributed by atoms with E-state index in [-0.39, 0.29) is 11.5 Å². The molecule has 19 heavy (non-hydrogen) atoms. The zero-order chi connectivity index (χ0) is 13.5. The summed E-state index contributed by atoms with van der Waals surface area (Å²) in [6, 6.07) is 7.75. The van der Waals surface area contributed by atoms with Crippen LogP contribution in [0.15, 0.2) is 35.9 Å². The van der Waals surface area contributed by atoms with Crippen LogP contribution < -0.4 is 9.64 Å². The van der Waals surface area contributed by atoms with Gasteiger partial charge in [-0.15, -0.1) is 0 Å². The average molecular weight is 257 g/mol. The second kappa shape index (κ2) is 4.41. The first kappa shape index (κ1) is 12.3. The fourth-order valence-electron chi connectivity index (χ4n) is 2.54. The van der Waals surface area contributed by atoms with Crippen LogP contribution in [0.25, 0.3) is 0 Å². The molecule has 3 nitrogen and oxygen atoms in total. The summed E-state index contributed by atoms with van der Waals surface area (Å²) in [7, 11) is 0. The maximum Gasteiger partial charge on any atom is 0.251 e. The first-order valence-electron chi connectivity index (χ1n) is 6.84. The molecular weight excluding hydrogens is 238 g/mol. The van der Waals surface area contributed by atoms with Crippen LogP contribution in [0.3, 0.4) is 0 Å². The maximum absolute atomic E-state index is 12.4. The Hall–Kier alpha value is -1.77. The number of hydrogen-bond acceptors (Lipinski definition) is 2. The van der Waals surface area contributed by atoms with Gasteiger partial charge in [0.05, 0.1) is 12.2 Å². The number of fused-ring (bicyclic) bond motifs is 1. The number of carbonyl (C=O) groups excluding carboxylic acids is 1. The normalized spacial score (nSPS) is 20.1. The molecule has 0 bridgehead atoms. The fourth-order valence-corrected chi connectivity index (χ4v) is 2.54. The molecule has 1 aliphatic heterocycles. The van der Waals surface area contributed by atoms with E-state index in [0.717, 1.165) is 24.3 Å². The smallest absolute Gasteiger partial charge is 0.251 e. The Bertz CT molecular complexity index is 539. The lowest BCUT2D eigenvalue weighted by atomic mass is 9.92. The second-order valence-corrected chi connectivity index (χ2v) is 5.91. The molecule has 1 amide bonds.